The van der Waals surface area contributed by atoms with E-state index in [4.69, 9.17) is 0 Å². The highest BCUT2D eigenvalue weighted by Crippen LogP contribution is 2.22. The molecular weight excluding hydrogens is 212 g/mol. The van der Waals surface area contributed by atoms with E-state index >= 15 is 0 Å². The first-order valence-electron chi connectivity index (χ1n) is 5.87. The molecule has 2 heterocycles. The van der Waals surface area contributed by atoms with Crippen LogP contribution in [-0.4, -0.2) is 4.57 Å². The zero-order valence-electron chi connectivity index (χ0n) is 9.44. The summed E-state index contributed by atoms with van der Waals surface area (Å²) in [6.07, 6.45) is 3.01. The number of hydrogen-bond donors (Lipinski definition) is 0. The first-order valence-corrected chi connectivity index (χ1v) is 5.87. The predicted molar refractivity (Wildman–Crippen MR) is 65.9 cm³/mol. The Morgan fingerprint density at radius 1 is 1.24 bits per heavy atom. The molecule has 17 heavy (non-hydrogen) atoms. The average molecular weight is 224 g/mol. The summed E-state index contributed by atoms with van der Waals surface area (Å²) in [7, 11) is 0. The van der Waals surface area contributed by atoms with Crippen molar-refractivity contribution in [3.05, 3.63) is 45.7 Å². The topological polar surface area (TPSA) is 45.8 Å². The lowest BCUT2D eigenvalue weighted by atomic mass is 10.0. The van der Waals surface area contributed by atoms with Gasteiger partial charge in [0.25, 0.3) is 0 Å². The van der Waals surface area contributed by atoms with Gasteiger partial charge in [0.2, 0.25) is 5.43 Å². The minimum atomic E-state index is -0.115. The van der Waals surface area contributed by atoms with Crippen molar-refractivity contribution >= 4 is 10.9 Å². The molecule has 0 N–H and O–H groups in total. The Bertz CT molecular complexity index is 692. The van der Waals surface area contributed by atoms with Gasteiger partial charge in [-0.3, -0.25) is 4.79 Å². The molecule has 1 aromatic carbocycles. The minimum absolute atomic E-state index is 0.115. The van der Waals surface area contributed by atoms with E-state index in [1.807, 2.05) is 18.2 Å². The van der Waals surface area contributed by atoms with Crippen molar-refractivity contribution in [2.75, 3.05) is 0 Å². The third kappa shape index (κ3) is 1.38. The fraction of sp³-hybridized carbons (Fsp3) is 0.286. The summed E-state index contributed by atoms with van der Waals surface area (Å²) in [5.74, 6) is 0. The molecule has 0 saturated heterocycles. The van der Waals surface area contributed by atoms with Gasteiger partial charge in [-0.05, 0) is 31.4 Å². The van der Waals surface area contributed by atoms with Gasteiger partial charge in [-0.2, -0.15) is 5.26 Å². The second-order valence-corrected chi connectivity index (χ2v) is 4.39. The molecule has 0 amide bonds. The summed E-state index contributed by atoms with van der Waals surface area (Å²) in [6.45, 7) is 0.908. The predicted octanol–water partition coefficient (Wildman–Crippen LogP) is 2.21. The second-order valence-electron chi connectivity index (χ2n) is 4.39. The summed E-state index contributed by atoms with van der Waals surface area (Å²) < 4.78 is 2.14. The number of fused-ring (bicyclic) bond motifs is 3. The first-order chi connectivity index (χ1) is 8.33. The van der Waals surface area contributed by atoms with Crippen LogP contribution in [0.1, 0.15) is 24.1 Å². The van der Waals surface area contributed by atoms with E-state index in [2.05, 4.69) is 10.6 Å². The maximum atomic E-state index is 12.2. The number of nitrogens with zero attached hydrogens (tertiary/aromatic N) is 2. The molecule has 0 bridgehead atoms. The number of nitriles is 1. The smallest absolute Gasteiger partial charge is 0.207 e. The van der Waals surface area contributed by atoms with E-state index in [1.165, 1.54) is 0 Å². The molecule has 0 spiro atoms. The van der Waals surface area contributed by atoms with Gasteiger partial charge in [0.1, 0.15) is 11.6 Å². The van der Waals surface area contributed by atoms with Crippen LogP contribution in [-0.2, 0) is 13.0 Å². The summed E-state index contributed by atoms with van der Waals surface area (Å²) in [5.41, 5.74) is 2.10. The fourth-order valence-corrected chi connectivity index (χ4v) is 2.64. The zero-order chi connectivity index (χ0) is 11.8. The van der Waals surface area contributed by atoms with Crippen molar-refractivity contribution in [1.82, 2.24) is 4.57 Å². The van der Waals surface area contributed by atoms with E-state index in [0.717, 1.165) is 37.0 Å². The molecule has 2 aromatic rings. The highest BCUT2D eigenvalue weighted by molar-refractivity contribution is 5.81. The SMILES string of the molecule is N#Cc1c2n(c3ccccc3c1=O)CCCC2. The van der Waals surface area contributed by atoms with Crippen LogP contribution in [0.2, 0.25) is 0 Å². The van der Waals surface area contributed by atoms with Crippen LogP contribution in [0.15, 0.2) is 29.1 Å². The molecule has 0 aliphatic carbocycles. The van der Waals surface area contributed by atoms with E-state index in [1.54, 1.807) is 6.07 Å². The maximum Gasteiger partial charge on any atom is 0.207 e. The third-order valence-electron chi connectivity index (χ3n) is 3.44. The van der Waals surface area contributed by atoms with Crippen molar-refractivity contribution in [3.8, 4) is 6.07 Å². The van der Waals surface area contributed by atoms with Gasteiger partial charge in [0, 0.05) is 17.6 Å². The summed E-state index contributed by atoms with van der Waals surface area (Å²) in [4.78, 5) is 12.2. The van der Waals surface area contributed by atoms with E-state index in [-0.39, 0.29) is 5.43 Å². The molecule has 3 rings (SSSR count). The lowest BCUT2D eigenvalue weighted by Gasteiger charge is -2.22. The maximum absolute atomic E-state index is 12.2. The van der Waals surface area contributed by atoms with Gasteiger partial charge >= 0.3 is 0 Å². The molecule has 1 aliphatic heterocycles. The van der Waals surface area contributed by atoms with Gasteiger partial charge in [0.05, 0.1) is 5.52 Å². The Morgan fingerprint density at radius 2 is 2.06 bits per heavy atom. The van der Waals surface area contributed by atoms with Crippen LogP contribution < -0.4 is 5.43 Å². The van der Waals surface area contributed by atoms with E-state index in [9.17, 15) is 10.1 Å². The van der Waals surface area contributed by atoms with Crippen molar-refractivity contribution in [2.24, 2.45) is 0 Å². The Labute approximate surface area is 98.9 Å². The van der Waals surface area contributed by atoms with Crippen molar-refractivity contribution in [2.45, 2.75) is 25.8 Å². The molecule has 0 unspecified atom stereocenters. The number of para-hydroxylation sites is 1. The lowest BCUT2D eigenvalue weighted by molar-refractivity contribution is 0.538. The van der Waals surface area contributed by atoms with Gasteiger partial charge < -0.3 is 4.57 Å². The molecule has 0 atom stereocenters. The Kier molecular flexibility index (Phi) is 2.22. The number of hydrogen-bond acceptors (Lipinski definition) is 2. The summed E-state index contributed by atoms with van der Waals surface area (Å²) in [6, 6.07) is 9.64. The second kappa shape index (κ2) is 3.74. The molecule has 1 aromatic heterocycles. The fourth-order valence-electron chi connectivity index (χ4n) is 2.64. The Hall–Kier alpha value is -2.08. The van der Waals surface area contributed by atoms with Crippen LogP contribution in [0.4, 0.5) is 0 Å². The lowest BCUT2D eigenvalue weighted by Crippen LogP contribution is -2.22. The number of rotatable bonds is 0. The first kappa shape index (κ1) is 10.1. The molecule has 0 radical (unpaired) electrons. The molecule has 1 aliphatic rings. The summed E-state index contributed by atoms with van der Waals surface area (Å²) >= 11 is 0. The van der Waals surface area contributed by atoms with Gasteiger partial charge in [-0.1, -0.05) is 12.1 Å². The monoisotopic (exact) mass is 224 g/mol. The van der Waals surface area contributed by atoms with Gasteiger partial charge in [0.15, 0.2) is 0 Å². The van der Waals surface area contributed by atoms with E-state index in [0.29, 0.717) is 10.9 Å². The average Bonchev–Trinajstić information content (AvgIpc) is 2.40. The van der Waals surface area contributed by atoms with Crippen LogP contribution in [0.25, 0.3) is 10.9 Å². The Morgan fingerprint density at radius 3 is 2.88 bits per heavy atom. The number of pyridine rings is 1. The highest BCUT2D eigenvalue weighted by Gasteiger charge is 2.18. The van der Waals surface area contributed by atoms with Crippen LogP contribution >= 0.6 is 0 Å². The Balaban J connectivity index is 2.53. The third-order valence-corrected chi connectivity index (χ3v) is 3.44. The quantitative estimate of drug-likeness (QED) is 0.688. The standard InChI is InChI=1S/C14H12N2O/c15-9-11-13-7-3-4-8-16(13)12-6-2-1-5-10(12)14(11)17/h1-2,5-6H,3-4,7-8H2. The number of benzene rings is 1. The molecule has 0 saturated carbocycles. The zero-order valence-corrected chi connectivity index (χ0v) is 9.44. The largest absolute Gasteiger partial charge is 0.343 e. The van der Waals surface area contributed by atoms with Crippen LogP contribution in [0, 0.1) is 11.3 Å². The minimum Gasteiger partial charge on any atom is -0.343 e. The highest BCUT2D eigenvalue weighted by atomic mass is 16.1. The van der Waals surface area contributed by atoms with Crippen molar-refractivity contribution < 1.29 is 0 Å². The van der Waals surface area contributed by atoms with Gasteiger partial charge in [-0.15, -0.1) is 0 Å². The van der Waals surface area contributed by atoms with Crippen LogP contribution in [0.3, 0.4) is 0 Å². The van der Waals surface area contributed by atoms with Crippen molar-refractivity contribution in [3.63, 3.8) is 0 Å². The van der Waals surface area contributed by atoms with E-state index < -0.39 is 0 Å². The normalized spacial score (nSPS) is 14.3. The molecule has 84 valence electrons. The molecule has 3 heteroatoms. The number of aromatic nitrogens is 1. The molecule has 0 fully saturated rings. The van der Waals surface area contributed by atoms with Crippen molar-refractivity contribution in [1.29, 1.82) is 5.26 Å². The van der Waals surface area contributed by atoms with Crippen LogP contribution in [0.5, 0.6) is 0 Å². The van der Waals surface area contributed by atoms with Gasteiger partial charge in [-0.25, -0.2) is 0 Å². The molecular formula is C14H12N2O. The number of aryl methyl sites for hydroxylation is 1. The molecule has 3 nitrogen and oxygen atoms in total. The summed E-state index contributed by atoms with van der Waals surface area (Å²) in [5, 5.41) is 9.83.